The topological polar surface area (TPSA) is 31.1 Å². The summed E-state index contributed by atoms with van der Waals surface area (Å²) in [6.07, 6.45) is 3.34. The second-order valence-electron chi connectivity index (χ2n) is 4.97. The van der Waals surface area contributed by atoms with Crippen LogP contribution in [0, 0.1) is 0 Å². The highest BCUT2D eigenvalue weighted by atomic mass is 15.1. The number of nitrogens with one attached hydrogen (secondary N) is 2. The van der Waals surface area contributed by atoms with Gasteiger partial charge in [-0.05, 0) is 31.1 Å². The molecule has 104 valence electrons. The molecule has 2 aromatic rings. The number of rotatable bonds is 8. The first-order valence-corrected chi connectivity index (χ1v) is 7.33. The van der Waals surface area contributed by atoms with Gasteiger partial charge in [0.1, 0.15) is 0 Å². The fourth-order valence-corrected chi connectivity index (χ4v) is 2.48. The van der Waals surface area contributed by atoms with Crippen molar-refractivity contribution in [1.82, 2.24) is 15.2 Å². The molecule has 19 heavy (non-hydrogen) atoms. The number of aromatic nitrogens is 1. The Balaban J connectivity index is 1.79. The Morgan fingerprint density at radius 1 is 1.16 bits per heavy atom. The maximum absolute atomic E-state index is 3.54. The predicted molar refractivity (Wildman–Crippen MR) is 82.4 cm³/mol. The van der Waals surface area contributed by atoms with Gasteiger partial charge in [-0.15, -0.1) is 0 Å². The largest absolute Gasteiger partial charge is 0.361 e. The highest BCUT2D eigenvalue weighted by molar-refractivity contribution is 5.82. The van der Waals surface area contributed by atoms with Crippen molar-refractivity contribution in [2.75, 3.05) is 26.2 Å². The smallest absolute Gasteiger partial charge is 0.0457 e. The van der Waals surface area contributed by atoms with Crippen LogP contribution in [0.2, 0.25) is 0 Å². The molecule has 0 unspecified atom stereocenters. The average Bonchev–Trinajstić information content (AvgIpc) is 2.85. The van der Waals surface area contributed by atoms with Gasteiger partial charge in [-0.25, -0.2) is 0 Å². The van der Waals surface area contributed by atoms with E-state index in [1.807, 2.05) is 0 Å². The van der Waals surface area contributed by atoms with Gasteiger partial charge in [0.2, 0.25) is 0 Å². The Morgan fingerprint density at radius 3 is 2.79 bits per heavy atom. The summed E-state index contributed by atoms with van der Waals surface area (Å²) in [6, 6.07) is 8.47. The first-order chi connectivity index (χ1) is 9.35. The number of likely N-dealkylation sites (N-methyl/N-ethyl adjacent to an activating group) is 1. The van der Waals surface area contributed by atoms with E-state index in [1.54, 1.807) is 0 Å². The van der Waals surface area contributed by atoms with Crippen LogP contribution in [0.5, 0.6) is 0 Å². The van der Waals surface area contributed by atoms with Crippen molar-refractivity contribution in [1.29, 1.82) is 0 Å². The normalized spacial score (nSPS) is 11.5. The molecule has 0 saturated carbocycles. The zero-order valence-corrected chi connectivity index (χ0v) is 12.1. The fourth-order valence-electron chi connectivity index (χ4n) is 2.48. The number of nitrogens with zero attached hydrogens (tertiary/aromatic N) is 1. The summed E-state index contributed by atoms with van der Waals surface area (Å²) in [5, 5.41) is 4.87. The van der Waals surface area contributed by atoms with Crippen LogP contribution in [0.25, 0.3) is 10.9 Å². The molecule has 3 nitrogen and oxygen atoms in total. The minimum absolute atomic E-state index is 0.938. The van der Waals surface area contributed by atoms with Gasteiger partial charge in [-0.3, -0.25) is 0 Å². The van der Waals surface area contributed by atoms with E-state index in [0.29, 0.717) is 0 Å². The van der Waals surface area contributed by atoms with E-state index in [0.717, 1.165) is 26.2 Å². The third-order valence-corrected chi connectivity index (χ3v) is 3.58. The van der Waals surface area contributed by atoms with Crippen LogP contribution in [0.15, 0.2) is 30.5 Å². The molecule has 0 bridgehead atoms. The molecular weight excluding hydrogens is 234 g/mol. The lowest BCUT2D eigenvalue weighted by molar-refractivity contribution is 0.287. The van der Waals surface area contributed by atoms with Gasteiger partial charge in [-0.2, -0.15) is 0 Å². The summed E-state index contributed by atoms with van der Waals surface area (Å²) < 4.78 is 0. The molecule has 2 N–H and O–H groups in total. The van der Waals surface area contributed by atoms with Crippen molar-refractivity contribution in [3.8, 4) is 0 Å². The zero-order valence-electron chi connectivity index (χ0n) is 12.1. The van der Waals surface area contributed by atoms with Crippen LogP contribution >= 0.6 is 0 Å². The van der Waals surface area contributed by atoms with Crippen molar-refractivity contribution >= 4 is 10.9 Å². The molecular formula is C16H25N3. The Hall–Kier alpha value is -1.32. The quantitative estimate of drug-likeness (QED) is 0.714. The highest BCUT2D eigenvalue weighted by Gasteiger charge is 2.03. The summed E-state index contributed by atoms with van der Waals surface area (Å²) in [6.45, 7) is 9.93. The van der Waals surface area contributed by atoms with Crippen molar-refractivity contribution in [2.45, 2.75) is 26.8 Å². The number of hydrogen-bond acceptors (Lipinski definition) is 2. The standard InChI is InChI=1S/C16H25N3/c1-3-10-19(4-2)11-9-17-12-14-13-18-16-8-6-5-7-15(14)16/h5-8,13,17-18H,3-4,9-12H2,1-2H3. The van der Waals surface area contributed by atoms with Crippen molar-refractivity contribution in [3.63, 3.8) is 0 Å². The molecule has 1 heterocycles. The lowest BCUT2D eigenvalue weighted by Gasteiger charge is -2.19. The van der Waals surface area contributed by atoms with Gasteiger partial charge in [0, 0.05) is 36.7 Å². The minimum atomic E-state index is 0.938. The molecule has 0 spiro atoms. The van der Waals surface area contributed by atoms with Crippen molar-refractivity contribution in [3.05, 3.63) is 36.0 Å². The number of benzene rings is 1. The molecule has 0 aliphatic carbocycles. The van der Waals surface area contributed by atoms with E-state index in [2.05, 4.69) is 59.5 Å². The van der Waals surface area contributed by atoms with E-state index in [-0.39, 0.29) is 0 Å². The fraction of sp³-hybridized carbons (Fsp3) is 0.500. The molecule has 1 aromatic heterocycles. The van der Waals surface area contributed by atoms with Crippen molar-refractivity contribution in [2.24, 2.45) is 0 Å². The SMILES string of the molecule is CCCN(CC)CCNCc1c[nH]c2ccccc12. The third-order valence-electron chi connectivity index (χ3n) is 3.58. The molecule has 0 amide bonds. The van der Waals surface area contributed by atoms with Gasteiger partial charge < -0.3 is 15.2 Å². The zero-order chi connectivity index (χ0) is 13.5. The van der Waals surface area contributed by atoms with Crippen LogP contribution in [0.3, 0.4) is 0 Å². The van der Waals surface area contributed by atoms with Crippen LogP contribution in [0.4, 0.5) is 0 Å². The lowest BCUT2D eigenvalue weighted by Crippen LogP contribution is -2.32. The van der Waals surface area contributed by atoms with Crippen molar-refractivity contribution < 1.29 is 0 Å². The maximum atomic E-state index is 3.54. The number of aromatic amines is 1. The first kappa shape index (κ1) is 14.1. The summed E-state index contributed by atoms with van der Waals surface area (Å²) in [7, 11) is 0. The Labute approximate surface area is 116 Å². The molecule has 0 fully saturated rings. The third kappa shape index (κ3) is 3.82. The first-order valence-electron chi connectivity index (χ1n) is 7.33. The van der Waals surface area contributed by atoms with E-state index < -0.39 is 0 Å². The van der Waals surface area contributed by atoms with E-state index in [9.17, 15) is 0 Å². The van der Waals surface area contributed by atoms with Gasteiger partial charge in [0.15, 0.2) is 0 Å². The Morgan fingerprint density at radius 2 is 2.00 bits per heavy atom. The minimum Gasteiger partial charge on any atom is -0.361 e. The summed E-state index contributed by atoms with van der Waals surface area (Å²) in [5.41, 5.74) is 2.58. The van der Waals surface area contributed by atoms with Gasteiger partial charge in [0.05, 0.1) is 0 Å². The maximum Gasteiger partial charge on any atom is 0.0457 e. The molecule has 0 radical (unpaired) electrons. The molecule has 3 heteroatoms. The van der Waals surface area contributed by atoms with E-state index >= 15 is 0 Å². The van der Waals surface area contributed by atoms with Gasteiger partial charge in [0.25, 0.3) is 0 Å². The Bertz CT molecular complexity index is 489. The lowest BCUT2D eigenvalue weighted by atomic mass is 10.2. The van der Waals surface area contributed by atoms with Gasteiger partial charge in [-0.1, -0.05) is 32.0 Å². The number of H-pyrrole nitrogens is 1. The van der Waals surface area contributed by atoms with Crippen LogP contribution in [-0.2, 0) is 6.54 Å². The van der Waals surface area contributed by atoms with Crippen LogP contribution in [0.1, 0.15) is 25.8 Å². The summed E-state index contributed by atoms with van der Waals surface area (Å²) in [5.74, 6) is 0. The summed E-state index contributed by atoms with van der Waals surface area (Å²) >= 11 is 0. The number of fused-ring (bicyclic) bond motifs is 1. The average molecular weight is 259 g/mol. The number of para-hydroxylation sites is 1. The Kier molecular flexibility index (Phi) is 5.43. The second-order valence-corrected chi connectivity index (χ2v) is 4.97. The molecule has 0 aliphatic heterocycles. The highest BCUT2D eigenvalue weighted by Crippen LogP contribution is 2.16. The molecule has 1 aromatic carbocycles. The summed E-state index contributed by atoms with van der Waals surface area (Å²) in [4.78, 5) is 5.81. The van der Waals surface area contributed by atoms with Crippen LogP contribution < -0.4 is 5.32 Å². The van der Waals surface area contributed by atoms with Crippen LogP contribution in [-0.4, -0.2) is 36.1 Å². The number of hydrogen-bond donors (Lipinski definition) is 2. The van der Waals surface area contributed by atoms with Gasteiger partial charge >= 0.3 is 0 Å². The molecule has 2 rings (SSSR count). The monoisotopic (exact) mass is 259 g/mol. The second kappa shape index (κ2) is 7.31. The molecule has 0 atom stereocenters. The molecule has 0 aliphatic rings. The van der Waals surface area contributed by atoms with E-state index in [1.165, 1.54) is 29.4 Å². The predicted octanol–water partition coefficient (Wildman–Crippen LogP) is 2.99. The van der Waals surface area contributed by atoms with E-state index in [4.69, 9.17) is 0 Å². The molecule has 0 saturated heterocycles.